The van der Waals surface area contributed by atoms with Crippen molar-refractivity contribution in [3.63, 3.8) is 0 Å². The zero-order valence-corrected chi connectivity index (χ0v) is 14.0. The predicted molar refractivity (Wildman–Crippen MR) is 89.3 cm³/mol. The lowest BCUT2D eigenvalue weighted by Crippen LogP contribution is -2.42. The number of carbonyl (C=O) groups excluding carboxylic acids is 1. The number of aryl methyl sites for hydroxylation is 1. The number of nitrogens with zero attached hydrogens (tertiary/aromatic N) is 2. The van der Waals surface area contributed by atoms with Gasteiger partial charge in [-0.25, -0.2) is 4.98 Å². The second-order valence-electron chi connectivity index (χ2n) is 6.05. The van der Waals surface area contributed by atoms with Crippen molar-refractivity contribution < 1.29 is 14.3 Å². The third-order valence-corrected chi connectivity index (χ3v) is 4.39. The summed E-state index contributed by atoms with van der Waals surface area (Å²) in [4.78, 5) is 16.7. The minimum atomic E-state index is -0.593. The molecule has 0 spiro atoms. The Morgan fingerprint density at radius 1 is 1.42 bits per heavy atom. The van der Waals surface area contributed by atoms with Crippen LogP contribution in [0.25, 0.3) is 0 Å². The fourth-order valence-corrected chi connectivity index (χ4v) is 3.11. The van der Waals surface area contributed by atoms with E-state index in [0.717, 1.165) is 24.1 Å². The molecule has 6 nitrogen and oxygen atoms in total. The maximum Gasteiger partial charge on any atom is 0.253 e. The molecule has 3 rings (SSSR count). The van der Waals surface area contributed by atoms with Crippen LogP contribution in [0.4, 0.5) is 0 Å². The topological polar surface area (TPSA) is 65.4 Å². The van der Waals surface area contributed by atoms with Crippen molar-refractivity contribution in [2.24, 2.45) is 7.05 Å². The van der Waals surface area contributed by atoms with Gasteiger partial charge in [0.1, 0.15) is 6.10 Å². The number of benzene rings is 1. The number of methoxy groups -OCH3 is 1. The highest BCUT2D eigenvalue weighted by Gasteiger charge is 2.29. The number of ether oxygens (including phenoxy) is 2. The number of hydrogen-bond donors (Lipinski definition) is 1. The summed E-state index contributed by atoms with van der Waals surface area (Å²) in [6.45, 7) is 0.615. The summed E-state index contributed by atoms with van der Waals surface area (Å²) < 4.78 is 13.2. The van der Waals surface area contributed by atoms with Crippen molar-refractivity contribution in [1.29, 1.82) is 0 Å². The molecule has 1 N–H and O–H groups in total. The van der Waals surface area contributed by atoms with Gasteiger partial charge in [-0.3, -0.25) is 4.79 Å². The van der Waals surface area contributed by atoms with Crippen LogP contribution in [0.3, 0.4) is 0 Å². The van der Waals surface area contributed by atoms with Crippen molar-refractivity contribution >= 4 is 5.91 Å². The maximum atomic E-state index is 12.6. The van der Waals surface area contributed by atoms with E-state index in [-0.39, 0.29) is 18.1 Å². The zero-order valence-electron chi connectivity index (χ0n) is 14.0. The first-order valence-corrected chi connectivity index (χ1v) is 8.15. The molecule has 24 heavy (non-hydrogen) atoms. The van der Waals surface area contributed by atoms with Gasteiger partial charge in [-0.15, -0.1) is 0 Å². The summed E-state index contributed by atoms with van der Waals surface area (Å²) in [6.07, 6.45) is 4.47. The van der Waals surface area contributed by atoms with Gasteiger partial charge in [-0.1, -0.05) is 30.3 Å². The number of rotatable bonds is 5. The molecule has 0 aliphatic carbocycles. The lowest BCUT2D eigenvalue weighted by Gasteiger charge is -2.31. The Balaban J connectivity index is 1.64. The molecule has 1 saturated heterocycles. The van der Waals surface area contributed by atoms with E-state index >= 15 is 0 Å². The molecule has 0 bridgehead atoms. The van der Waals surface area contributed by atoms with E-state index in [9.17, 15) is 4.79 Å². The van der Waals surface area contributed by atoms with Gasteiger partial charge in [0.2, 0.25) is 0 Å². The monoisotopic (exact) mass is 329 g/mol. The second kappa shape index (κ2) is 7.59. The van der Waals surface area contributed by atoms with Gasteiger partial charge in [0, 0.05) is 26.8 Å². The van der Waals surface area contributed by atoms with Gasteiger partial charge < -0.3 is 19.4 Å². The van der Waals surface area contributed by atoms with Crippen LogP contribution in [0.1, 0.15) is 36.3 Å². The molecular weight excluding hydrogens is 306 g/mol. The van der Waals surface area contributed by atoms with Crippen LogP contribution in [-0.2, 0) is 21.3 Å². The Labute approximate surface area is 141 Å². The third-order valence-electron chi connectivity index (χ3n) is 4.39. The van der Waals surface area contributed by atoms with Crippen molar-refractivity contribution in [3.8, 4) is 0 Å². The van der Waals surface area contributed by atoms with Gasteiger partial charge in [0.05, 0.1) is 18.2 Å². The third kappa shape index (κ3) is 3.66. The van der Waals surface area contributed by atoms with Crippen LogP contribution in [0.15, 0.2) is 42.9 Å². The average Bonchev–Trinajstić information content (AvgIpc) is 3.03. The van der Waals surface area contributed by atoms with Crippen LogP contribution >= 0.6 is 0 Å². The van der Waals surface area contributed by atoms with Gasteiger partial charge >= 0.3 is 0 Å². The maximum absolute atomic E-state index is 12.6. The molecule has 3 atom stereocenters. The SMILES string of the molecule is CO[C@@H](C(=O)N[C@H]1CCO[C@H](c2cncn2C)C1)c1ccccc1. The van der Waals surface area contributed by atoms with Crippen molar-refractivity contribution in [1.82, 2.24) is 14.9 Å². The summed E-state index contributed by atoms with van der Waals surface area (Å²) in [7, 11) is 3.50. The summed E-state index contributed by atoms with van der Waals surface area (Å²) in [5.41, 5.74) is 1.88. The first kappa shape index (κ1) is 16.7. The molecule has 0 saturated carbocycles. The van der Waals surface area contributed by atoms with Gasteiger partial charge in [-0.05, 0) is 18.4 Å². The van der Waals surface area contributed by atoms with Crippen molar-refractivity contribution in [3.05, 3.63) is 54.1 Å². The van der Waals surface area contributed by atoms with Crippen LogP contribution in [0.2, 0.25) is 0 Å². The number of imidazole rings is 1. The molecule has 6 heteroatoms. The minimum Gasteiger partial charge on any atom is -0.372 e. The second-order valence-corrected chi connectivity index (χ2v) is 6.05. The summed E-state index contributed by atoms with van der Waals surface area (Å²) in [6, 6.07) is 9.59. The summed E-state index contributed by atoms with van der Waals surface area (Å²) in [5, 5.41) is 3.11. The van der Waals surface area contributed by atoms with E-state index in [4.69, 9.17) is 9.47 Å². The molecule has 1 aromatic heterocycles. The Morgan fingerprint density at radius 3 is 2.88 bits per heavy atom. The summed E-state index contributed by atoms with van der Waals surface area (Å²) >= 11 is 0. The Kier molecular flexibility index (Phi) is 5.27. The van der Waals surface area contributed by atoms with Crippen molar-refractivity contribution in [2.45, 2.75) is 31.1 Å². The van der Waals surface area contributed by atoms with Crippen LogP contribution < -0.4 is 5.32 Å². The molecule has 1 aromatic carbocycles. The minimum absolute atomic E-state index is 0.0470. The first-order valence-electron chi connectivity index (χ1n) is 8.15. The van der Waals surface area contributed by atoms with Crippen molar-refractivity contribution in [2.75, 3.05) is 13.7 Å². The molecule has 0 unspecified atom stereocenters. The Hall–Kier alpha value is -2.18. The first-order chi connectivity index (χ1) is 11.7. The lowest BCUT2D eigenvalue weighted by atomic mass is 10.00. The number of hydrogen-bond acceptors (Lipinski definition) is 4. The van der Waals surface area contributed by atoms with Gasteiger partial charge in [0.25, 0.3) is 5.91 Å². The molecule has 1 amide bonds. The molecule has 1 aliphatic rings. The molecule has 128 valence electrons. The van der Waals surface area contributed by atoms with E-state index < -0.39 is 6.10 Å². The van der Waals surface area contributed by atoms with E-state index in [2.05, 4.69) is 10.3 Å². The quantitative estimate of drug-likeness (QED) is 0.913. The average molecular weight is 329 g/mol. The highest BCUT2D eigenvalue weighted by Crippen LogP contribution is 2.28. The number of nitrogens with one attached hydrogen (secondary N) is 1. The fraction of sp³-hybridized carbons (Fsp3) is 0.444. The van der Waals surface area contributed by atoms with Crippen LogP contribution in [0, 0.1) is 0 Å². The van der Waals surface area contributed by atoms with E-state index in [1.54, 1.807) is 13.4 Å². The number of amides is 1. The van der Waals surface area contributed by atoms with Gasteiger partial charge in [-0.2, -0.15) is 0 Å². The largest absolute Gasteiger partial charge is 0.372 e. The smallest absolute Gasteiger partial charge is 0.253 e. The van der Waals surface area contributed by atoms with Crippen LogP contribution in [0.5, 0.6) is 0 Å². The molecule has 0 radical (unpaired) electrons. The molecule has 2 aromatic rings. The zero-order chi connectivity index (χ0) is 16.9. The van der Waals surface area contributed by atoms with Gasteiger partial charge in [0.15, 0.2) is 6.10 Å². The number of aromatic nitrogens is 2. The van der Waals surface area contributed by atoms with E-state index in [0.29, 0.717) is 6.61 Å². The number of carbonyl (C=O) groups is 1. The molecule has 2 heterocycles. The highest BCUT2D eigenvalue weighted by molar-refractivity contribution is 5.82. The summed E-state index contributed by atoms with van der Waals surface area (Å²) in [5.74, 6) is -0.112. The normalized spacial score (nSPS) is 22.1. The Morgan fingerprint density at radius 2 is 2.21 bits per heavy atom. The molecule has 1 aliphatic heterocycles. The standard InChI is InChI=1S/C18H23N3O3/c1-21-12-19-11-15(21)16-10-14(8-9-24-16)20-18(22)17(23-2)13-6-4-3-5-7-13/h3-7,11-12,14,16-17H,8-10H2,1-2H3,(H,20,22)/t14-,16-,17+/m0/s1. The Bertz CT molecular complexity index is 671. The molecule has 1 fully saturated rings. The predicted octanol–water partition coefficient (Wildman–Crippen LogP) is 2.14. The fourth-order valence-electron chi connectivity index (χ4n) is 3.11. The van der Waals surface area contributed by atoms with E-state index in [1.165, 1.54) is 0 Å². The highest BCUT2D eigenvalue weighted by atomic mass is 16.5. The van der Waals surface area contributed by atoms with E-state index in [1.807, 2.05) is 48.1 Å². The lowest BCUT2D eigenvalue weighted by molar-refractivity contribution is -0.133. The molecular formula is C18H23N3O3. The van der Waals surface area contributed by atoms with Crippen LogP contribution in [-0.4, -0.2) is 35.2 Å².